The Morgan fingerprint density at radius 3 is 2.32 bits per heavy atom. The molecule has 2 aromatic carbocycles. The lowest BCUT2D eigenvalue weighted by atomic mass is 10.3. The standard InChI is InChI=1S/C28H24F2N6O7S/c1-16(2)34-15-25(26(37)36(28(34)39)20-7-4-17(29)5-8-20)43-27(38)32-18-6-9-23(21(30)12-18)42-24-13-19(33-44(3,40)41)14-35-22(24)10-11-31-35/h4-16,33H,1-3H3,(H,32,38). The molecule has 1 amide bonds. The molecule has 5 rings (SSSR count). The number of sulfonamides is 1. The van der Waals surface area contributed by atoms with Gasteiger partial charge in [-0.15, -0.1) is 0 Å². The first kappa shape index (κ1) is 30.0. The number of benzene rings is 2. The normalized spacial score (nSPS) is 11.5. The van der Waals surface area contributed by atoms with Gasteiger partial charge in [0.1, 0.15) is 11.3 Å². The third kappa shape index (κ3) is 6.44. The van der Waals surface area contributed by atoms with Crippen LogP contribution in [0, 0.1) is 11.6 Å². The average Bonchev–Trinajstić information content (AvgIpc) is 3.40. The van der Waals surface area contributed by atoms with Crippen molar-refractivity contribution in [3.63, 3.8) is 0 Å². The van der Waals surface area contributed by atoms with Crippen LogP contribution in [-0.4, -0.2) is 39.5 Å². The second kappa shape index (κ2) is 11.6. The molecule has 0 unspecified atom stereocenters. The molecule has 0 spiro atoms. The Bertz CT molecular complexity index is 2120. The van der Waals surface area contributed by atoms with E-state index in [1.54, 1.807) is 19.9 Å². The molecule has 3 aromatic heterocycles. The van der Waals surface area contributed by atoms with E-state index < -0.39 is 50.8 Å². The molecule has 0 aliphatic rings. The van der Waals surface area contributed by atoms with E-state index in [2.05, 4.69) is 15.1 Å². The highest BCUT2D eigenvalue weighted by Gasteiger charge is 2.19. The van der Waals surface area contributed by atoms with Crippen molar-refractivity contribution in [3.05, 3.63) is 106 Å². The topological polar surface area (TPSA) is 155 Å². The van der Waals surface area contributed by atoms with Crippen molar-refractivity contribution in [3.8, 4) is 22.9 Å². The summed E-state index contributed by atoms with van der Waals surface area (Å²) in [6.07, 6.45) is 3.76. The molecule has 44 heavy (non-hydrogen) atoms. The molecule has 5 aromatic rings. The fraction of sp³-hybridized carbons (Fsp3) is 0.143. The van der Waals surface area contributed by atoms with Crippen LogP contribution in [0.2, 0.25) is 0 Å². The number of nitrogens with zero attached hydrogens (tertiary/aromatic N) is 4. The zero-order valence-corrected chi connectivity index (χ0v) is 24.1. The van der Waals surface area contributed by atoms with Crippen molar-refractivity contribution < 1.29 is 31.5 Å². The minimum Gasteiger partial charge on any atom is -0.452 e. The summed E-state index contributed by atoms with van der Waals surface area (Å²) < 4.78 is 68.3. The first-order valence-corrected chi connectivity index (χ1v) is 14.7. The summed E-state index contributed by atoms with van der Waals surface area (Å²) in [4.78, 5) is 38.8. The van der Waals surface area contributed by atoms with Gasteiger partial charge in [0.25, 0.3) is 0 Å². The highest BCUT2D eigenvalue weighted by atomic mass is 32.2. The second-order valence-electron chi connectivity index (χ2n) is 9.78. The quantitative estimate of drug-likeness (QED) is 0.259. The van der Waals surface area contributed by atoms with E-state index in [1.165, 1.54) is 47.2 Å². The van der Waals surface area contributed by atoms with Crippen LogP contribution in [-0.2, 0) is 10.0 Å². The molecule has 3 heterocycles. The van der Waals surface area contributed by atoms with E-state index in [-0.39, 0.29) is 28.6 Å². The number of carbonyl (C=O) groups excluding carboxylic acids is 1. The van der Waals surface area contributed by atoms with E-state index in [0.717, 1.165) is 39.8 Å². The number of hydrogen-bond acceptors (Lipinski definition) is 8. The Kier molecular flexibility index (Phi) is 7.93. The van der Waals surface area contributed by atoms with E-state index >= 15 is 4.39 Å². The van der Waals surface area contributed by atoms with Crippen LogP contribution in [0.25, 0.3) is 11.2 Å². The molecule has 0 fully saturated rings. The number of ether oxygens (including phenoxy) is 2. The van der Waals surface area contributed by atoms with Crippen molar-refractivity contribution in [1.82, 2.24) is 18.7 Å². The number of halogens is 2. The highest BCUT2D eigenvalue weighted by molar-refractivity contribution is 7.92. The zero-order valence-electron chi connectivity index (χ0n) is 23.3. The highest BCUT2D eigenvalue weighted by Crippen LogP contribution is 2.32. The Morgan fingerprint density at radius 1 is 0.932 bits per heavy atom. The van der Waals surface area contributed by atoms with Crippen LogP contribution in [0.1, 0.15) is 19.9 Å². The molecular weight excluding hydrogens is 602 g/mol. The van der Waals surface area contributed by atoms with Crippen molar-refractivity contribution >= 4 is 33.0 Å². The van der Waals surface area contributed by atoms with E-state index in [0.29, 0.717) is 5.52 Å². The predicted molar refractivity (Wildman–Crippen MR) is 156 cm³/mol. The molecule has 228 valence electrons. The fourth-order valence-electron chi connectivity index (χ4n) is 4.18. The SMILES string of the molecule is CC(C)n1cc(OC(=O)Nc2ccc(Oc3cc(NS(C)(=O)=O)cn4nccc34)c(F)c2)c(=O)n(-c2ccc(F)cc2)c1=O. The van der Waals surface area contributed by atoms with Gasteiger partial charge in [-0.1, -0.05) is 0 Å². The van der Waals surface area contributed by atoms with Gasteiger partial charge < -0.3 is 9.47 Å². The van der Waals surface area contributed by atoms with Gasteiger partial charge in [-0.3, -0.25) is 19.4 Å². The average molecular weight is 627 g/mol. The number of fused-ring (bicyclic) bond motifs is 1. The number of hydrogen-bond donors (Lipinski definition) is 2. The minimum absolute atomic E-state index is 0.0575. The Balaban J connectivity index is 1.38. The lowest BCUT2D eigenvalue weighted by Crippen LogP contribution is -2.40. The second-order valence-corrected chi connectivity index (χ2v) is 11.5. The molecule has 0 aliphatic carbocycles. The summed E-state index contributed by atoms with van der Waals surface area (Å²) in [6, 6.07) is 10.6. The van der Waals surface area contributed by atoms with Gasteiger partial charge in [-0.05, 0) is 56.3 Å². The maximum atomic E-state index is 15.1. The fourth-order valence-corrected chi connectivity index (χ4v) is 4.72. The molecule has 0 saturated carbocycles. The van der Waals surface area contributed by atoms with Crippen LogP contribution in [0.3, 0.4) is 0 Å². The van der Waals surface area contributed by atoms with Crippen LogP contribution >= 0.6 is 0 Å². The molecule has 2 N–H and O–H groups in total. The van der Waals surface area contributed by atoms with Gasteiger partial charge in [0, 0.05) is 23.9 Å². The molecule has 0 saturated heterocycles. The summed E-state index contributed by atoms with van der Waals surface area (Å²) in [5.74, 6) is -2.14. The van der Waals surface area contributed by atoms with Crippen LogP contribution < -0.4 is 30.8 Å². The Morgan fingerprint density at radius 2 is 1.66 bits per heavy atom. The van der Waals surface area contributed by atoms with E-state index in [9.17, 15) is 27.2 Å². The largest absolute Gasteiger partial charge is 0.452 e. The van der Waals surface area contributed by atoms with E-state index in [4.69, 9.17) is 9.47 Å². The first-order valence-electron chi connectivity index (χ1n) is 12.8. The van der Waals surface area contributed by atoms with Gasteiger partial charge in [0.15, 0.2) is 17.3 Å². The maximum Gasteiger partial charge on any atom is 0.417 e. The van der Waals surface area contributed by atoms with Gasteiger partial charge in [0.2, 0.25) is 15.8 Å². The molecule has 0 radical (unpaired) electrons. The molecule has 16 heteroatoms. The van der Waals surface area contributed by atoms with Crippen molar-refractivity contribution in [2.24, 2.45) is 0 Å². The number of nitrogens with one attached hydrogen (secondary N) is 2. The van der Waals surface area contributed by atoms with Crippen molar-refractivity contribution in [2.75, 3.05) is 16.3 Å². The number of aromatic nitrogens is 4. The monoisotopic (exact) mass is 626 g/mol. The maximum absolute atomic E-state index is 15.1. The summed E-state index contributed by atoms with van der Waals surface area (Å²) in [6.45, 7) is 3.35. The summed E-state index contributed by atoms with van der Waals surface area (Å²) in [7, 11) is -3.62. The van der Waals surface area contributed by atoms with Crippen molar-refractivity contribution in [2.45, 2.75) is 19.9 Å². The Hall–Kier alpha value is -5.51. The molecule has 0 aliphatic heterocycles. The predicted octanol–water partition coefficient (Wildman–Crippen LogP) is 4.28. The number of amides is 1. The minimum atomic E-state index is -3.62. The molecular formula is C28H24F2N6O7S. The number of pyridine rings is 1. The summed E-state index contributed by atoms with van der Waals surface area (Å²) >= 11 is 0. The molecule has 0 bridgehead atoms. The summed E-state index contributed by atoms with van der Waals surface area (Å²) in [5, 5.41) is 6.36. The van der Waals surface area contributed by atoms with Gasteiger partial charge in [0.05, 0.1) is 36.2 Å². The van der Waals surface area contributed by atoms with Crippen LogP contribution in [0.5, 0.6) is 17.2 Å². The third-order valence-electron chi connectivity index (χ3n) is 6.10. The van der Waals surface area contributed by atoms with Gasteiger partial charge >= 0.3 is 17.3 Å². The van der Waals surface area contributed by atoms with Crippen molar-refractivity contribution in [1.29, 1.82) is 0 Å². The smallest absolute Gasteiger partial charge is 0.417 e. The summed E-state index contributed by atoms with van der Waals surface area (Å²) in [5.41, 5.74) is -1.15. The molecule has 13 nitrogen and oxygen atoms in total. The third-order valence-corrected chi connectivity index (χ3v) is 6.70. The first-order chi connectivity index (χ1) is 20.8. The number of rotatable bonds is 8. The number of carbonyl (C=O) groups is 1. The van der Waals surface area contributed by atoms with Gasteiger partial charge in [-0.2, -0.15) is 5.10 Å². The van der Waals surface area contributed by atoms with Crippen LogP contribution in [0.4, 0.5) is 25.0 Å². The van der Waals surface area contributed by atoms with E-state index in [1.807, 2.05) is 0 Å². The number of anilines is 2. The lowest BCUT2D eigenvalue weighted by molar-refractivity contribution is 0.213. The van der Waals surface area contributed by atoms with Gasteiger partial charge in [-0.25, -0.2) is 35.9 Å². The lowest BCUT2D eigenvalue weighted by Gasteiger charge is -2.16. The zero-order chi connectivity index (χ0) is 31.8. The Labute approximate surface area is 247 Å². The van der Waals surface area contributed by atoms with Crippen LogP contribution in [0.15, 0.2) is 82.8 Å². The molecule has 0 atom stereocenters.